The van der Waals surface area contributed by atoms with Crippen molar-refractivity contribution in [1.82, 2.24) is 5.32 Å². The number of hydrogen-bond donors (Lipinski definition) is 2. The van der Waals surface area contributed by atoms with Crippen molar-refractivity contribution in [2.75, 3.05) is 6.79 Å². The Bertz CT molecular complexity index is 924. The Morgan fingerprint density at radius 3 is 2.66 bits per heavy atom. The van der Waals surface area contributed by atoms with Crippen molar-refractivity contribution in [3.05, 3.63) is 62.1 Å². The van der Waals surface area contributed by atoms with Crippen LogP contribution in [0.1, 0.15) is 25.3 Å². The minimum absolute atomic E-state index is 0.0625. The number of aldehydes is 1. The summed E-state index contributed by atoms with van der Waals surface area (Å²) in [6, 6.07) is 5.33. The van der Waals surface area contributed by atoms with Crippen molar-refractivity contribution in [3.8, 4) is 0 Å². The van der Waals surface area contributed by atoms with Crippen molar-refractivity contribution < 1.29 is 28.8 Å². The molecule has 2 rings (SSSR count). The van der Waals surface area contributed by atoms with Crippen LogP contribution < -0.4 is 11.1 Å². The lowest BCUT2D eigenvalue weighted by Gasteiger charge is -2.27. The van der Waals surface area contributed by atoms with Gasteiger partial charge in [0.1, 0.15) is 17.3 Å². The van der Waals surface area contributed by atoms with Gasteiger partial charge in [-0.1, -0.05) is 37.6 Å². The van der Waals surface area contributed by atoms with Gasteiger partial charge in [0.25, 0.3) is 5.69 Å². The highest BCUT2D eigenvalue weighted by atomic mass is 35.5. The zero-order chi connectivity index (χ0) is 21.7. The van der Waals surface area contributed by atoms with Crippen molar-refractivity contribution >= 4 is 35.5 Å². The van der Waals surface area contributed by atoms with Crippen LogP contribution in [0.3, 0.4) is 0 Å². The van der Waals surface area contributed by atoms with Crippen molar-refractivity contribution in [2.24, 2.45) is 11.7 Å². The summed E-state index contributed by atoms with van der Waals surface area (Å²) in [7, 11) is 0. The van der Waals surface area contributed by atoms with Gasteiger partial charge in [0, 0.05) is 17.7 Å². The van der Waals surface area contributed by atoms with Crippen LogP contribution in [0.25, 0.3) is 0 Å². The zero-order valence-electron chi connectivity index (χ0n) is 15.5. The van der Waals surface area contributed by atoms with E-state index in [0.29, 0.717) is 6.29 Å². The number of benzene rings is 1. The molecule has 0 aromatic heterocycles. The van der Waals surface area contributed by atoms with Crippen molar-refractivity contribution in [1.29, 1.82) is 0 Å². The van der Waals surface area contributed by atoms with Gasteiger partial charge in [0.2, 0.25) is 6.79 Å². The molecule has 0 unspecified atom stereocenters. The van der Waals surface area contributed by atoms with Gasteiger partial charge in [0.05, 0.1) is 22.3 Å². The molecule has 0 spiro atoms. The predicted molar refractivity (Wildman–Crippen MR) is 101 cm³/mol. The molecule has 29 heavy (non-hydrogen) atoms. The molecule has 3 N–H and O–H groups in total. The first kappa shape index (κ1) is 21.9. The van der Waals surface area contributed by atoms with Crippen LogP contribution in [0.5, 0.6) is 0 Å². The Balaban J connectivity index is 2.40. The second-order valence-corrected chi connectivity index (χ2v) is 6.67. The fraction of sp³-hybridized carbons (Fsp3) is 0.278. The Morgan fingerprint density at radius 2 is 2.07 bits per heavy atom. The van der Waals surface area contributed by atoms with E-state index in [4.69, 9.17) is 26.8 Å². The number of non-ortho nitro benzene ring substituents is 1. The van der Waals surface area contributed by atoms with E-state index >= 15 is 0 Å². The summed E-state index contributed by atoms with van der Waals surface area (Å²) >= 11 is 6.04. The molecule has 1 aliphatic rings. The van der Waals surface area contributed by atoms with Crippen LogP contribution in [-0.2, 0) is 23.9 Å². The molecule has 1 aromatic rings. The number of nitrogens with one attached hydrogen (secondary N) is 1. The average molecular weight is 424 g/mol. The molecule has 1 aliphatic heterocycles. The summed E-state index contributed by atoms with van der Waals surface area (Å²) in [5.74, 6) is -3.29. The van der Waals surface area contributed by atoms with Crippen molar-refractivity contribution in [3.63, 3.8) is 0 Å². The lowest BCUT2D eigenvalue weighted by Crippen LogP contribution is -2.34. The molecular formula is C18H18ClN3O7. The topological polar surface area (TPSA) is 151 Å². The number of rotatable bonds is 7. The zero-order valence-corrected chi connectivity index (χ0v) is 16.3. The van der Waals surface area contributed by atoms with E-state index in [1.807, 2.05) is 0 Å². The third-order valence-electron chi connectivity index (χ3n) is 4.01. The first-order valence-electron chi connectivity index (χ1n) is 8.37. The number of hydrogen-bond acceptors (Lipinski definition) is 9. The van der Waals surface area contributed by atoms with Crippen LogP contribution in [0.4, 0.5) is 5.69 Å². The predicted octanol–water partition coefficient (Wildman–Crippen LogP) is 1.80. The minimum Gasteiger partial charge on any atom is -0.428 e. The number of allylic oxidation sites excluding steroid dienone is 1. The highest BCUT2D eigenvalue weighted by Gasteiger charge is 2.36. The normalized spacial score (nSPS) is 16.3. The van der Waals surface area contributed by atoms with Gasteiger partial charge in [-0.05, 0) is 5.56 Å². The number of nitro groups is 1. The van der Waals surface area contributed by atoms with Crippen molar-refractivity contribution in [2.45, 2.75) is 19.8 Å². The molecule has 0 saturated carbocycles. The summed E-state index contributed by atoms with van der Waals surface area (Å²) in [4.78, 5) is 46.2. The van der Waals surface area contributed by atoms with E-state index in [2.05, 4.69) is 5.32 Å². The Labute approximate surface area is 170 Å². The molecule has 0 fully saturated rings. The molecule has 0 radical (unpaired) electrons. The third-order valence-corrected chi connectivity index (χ3v) is 4.32. The molecule has 0 bridgehead atoms. The molecule has 0 aliphatic carbocycles. The highest BCUT2D eigenvalue weighted by molar-refractivity contribution is 6.31. The summed E-state index contributed by atoms with van der Waals surface area (Å²) < 4.78 is 9.76. The van der Waals surface area contributed by atoms with Gasteiger partial charge < -0.3 is 20.5 Å². The Hall–Kier alpha value is -3.40. The first-order chi connectivity index (χ1) is 13.7. The maximum Gasteiger partial charge on any atom is 0.341 e. The van der Waals surface area contributed by atoms with Gasteiger partial charge in [-0.15, -0.1) is 0 Å². The monoisotopic (exact) mass is 423 g/mol. The molecule has 0 amide bonds. The number of nitrogens with zero attached hydrogens (tertiary/aromatic N) is 1. The molecule has 0 saturated heterocycles. The second kappa shape index (κ2) is 9.20. The number of ether oxygens (including phenoxy) is 2. The maximum absolute atomic E-state index is 12.6. The van der Waals surface area contributed by atoms with E-state index in [-0.39, 0.29) is 33.4 Å². The van der Waals surface area contributed by atoms with Crippen LogP contribution >= 0.6 is 11.6 Å². The van der Waals surface area contributed by atoms with Crippen LogP contribution in [-0.4, -0.2) is 29.9 Å². The SMILES string of the molecule is CC(C)C(=O)OCOC(=O)C1=C(N)NC(Cl)=C(C=O)[C@@H]1c1cccc([N+](=O)[O-])c1. The quantitative estimate of drug-likeness (QED) is 0.167. The molecule has 10 nitrogen and oxygen atoms in total. The number of nitro benzene ring substituents is 1. The van der Waals surface area contributed by atoms with Gasteiger partial charge in [-0.25, -0.2) is 4.79 Å². The standard InChI is InChI=1S/C18H18ClN3O7/c1-9(2)17(24)28-8-29-18(25)14-13(12(7-23)15(19)21-16(14)20)10-4-3-5-11(6-10)22(26)27/h3-7,9,13,21H,8,20H2,1-2H3/t13-/m0/s1. The molecule has 1 aromatic carbocycles. The number of esters is 2. The maximum atomic E-state index is 12.6. The van der Waals surface area contributed by atoms with E-state index in [1.165, 1.54) is 24.3 Å². The largest absolute Gasteiger partial charge is 0.428 e. The van der Waals surface area contributed by atoms with Crippen LogP contribution in [0.2, 0.25) is 0 Å². The average Bonchev–Trinajstić information content (AvgIpc) is 2.67. The fourth-order valence-corrected chi connectivity index (χ4v) is 2.85. The van der Waals surface area contributed by atoms with Gasteiger partial charge in [-0.2, -0.15) is 0 Å². The summed E-state index contributed by atoms with van der Waals surface area (Å²) in [5.41, 5.74) is 5.61. The van der Waals surface area contributed by atoms with E-state index < -0.39 is 35.5 Å². The molecular weight excluding hydrogens is 406 g/mol. The first-order valence-corrected chi connectivity index (χ1v) is 8.74. The number of carbonyl (C=O) groups is 3. The van der Waals surface area contributed by atoms with Gasteiger partial charge >= 0.3 is 11.9 Å². The van der Waals surface area contributed by atoms with E-state index in [1.54, 1.807) is 13.8 Å². The highest BCUT2D eigenvalue weighted by Crippen LogP contribution is 2.38. The second-order valence-electron chi connectivity index (χ2n) is 6.29. The van der Waals surface area contributed by atoms with Gasteiger partial charge in [0.15, 0.2) is 0 Å². The van der Waals surface area contributed by atoms with E-state index in [0.717, 1.165) is 0 Å². The molecule has 1 atom stereocenters. The Kier molecular flexibility index (Phi) is 6.94. The Morgan fingerprint density at radius 1 is 1.38 bits per heavy atom. The number of halogens is 1. The fourth-order valence-electron chi connectivity index (χ4n) is 2.59. The third kappa shape index (κ3) is 4.91. The van der Waals surface area contributed by atoms with Gasteiger partial charge in [-0.3, -0.25) is 19.7 Å². The minimum atomic E-state index is -1.12. The number of dihydropyridines is 1. The molecule has 11 heteroatoms. The number of carbonyl (C=O) groups excluding carboxylic acids is 3. The summed E-state index contributed by atoms with van der Waals surface area (Å²) in [6.45, 7) is 2.55. The van der Waals surface area contributed by atoms with Crippen LogP contribution in [0.15, 0.2) is 46.4 Å². The molecule has 1 heterocycles. The molecule has 154 valence electrons. The summed E-state index contributed by atoms with van der Waals surface area (Å²) in [5, 5.41) is 13.5. The lowest BCUT2D eigenvalue weighted by atomic mass is 9.83. The summed E-state index contributed by atoms with van der Waals surface area (Å²) in [6.07, 6.45) is 0.414. The smallest absolute Gasteiger partial charge is 0.341 e. The number of nitrogens with two attached hydrogens (primary N) is 1. The van der Waals surface area contributed by atoms with Crippen LogP contribution in [0, 0.1) is 16.0 Å². The van der Waals surface area contributed by atoms with E-state index in [9.17, 15) is 24.5 Å². The lowest BCUT2D eigenvalue weighted by molar-refractivity contribution is -0.384.